The number of esters is 1. The van der Waals surface area contributed by atoms with Gasteiger partial charge in [0.05, 0.1) is 29.4 Å². The van der Waals surface area contributed by atoms with Crippen LogP contribution in [0.3, 0.4) is 0 Å². The molecule has 0 atom stereocenters. The van der Waals surface area contributed by atoms with E-state index >= 15 is 0 Å². The molecule has 10 nitrogen and oxygen atoms in total. The highest BCUT2D eigenvalue weighted by Gasteiger charge is 2.36. The molecule has 0 aliphatic carbocycles. The first-order valence-corrected chi connectivity index (χ1v) is 13.0. The first-order valence-electron chi connectivity index (χ1n) is 12.2. The third-order valence-electron chi connectivity index (χ3n) is 5.74. The number of hydrogen-bond donors (Lipinski definition) is 1. The molecule has 0 aliphatic rings. The SMILES string of the molecule is CCOC(=O)C(F)(F)Br.Cc1c(O)c(=O)n(-c2ccccc2)n1C.Cc1c(OC(F)F)c(=O)n(-c2ccccc2)n1C. The highest BCUT2D eigenvalue weighted by atomic mass is 79.9. The van der Waals surface area contributed by atoms with Gasteiger partial charge in [0.25, 0.3) is 0 Å². The summed E-state index contributed by atoms with van der Waals surface area (Å²) < 4.78 is 62.1. The number of halogens is 5. The molecule has 2 aromatic heterocycles. The van der Waals surface area contributed by atoms with Crippen LogP contribution < -0.4 is 15.9 Å². The number of rotatable bonds is 6. The smallest absolute Gasteiger partial charge is 0.395 e. The Bertz CT molecular complexity index is 1590. The van der Waals surface area contributed by atoms with Crippen LogP contribution in [0.25, 0.3) is 11.4 Å². The summed E-state index contributed by atoms with van der Waals surface area (Å²) in [4.78, 5) is 30.2. The lowest BCUT2D eigenvalue weighted by molar-refractivity contribution is -0.158. The van der Waals surface area contributed by atoms with Gasteiger partial charge in [0.15, 0.2) is 0 Å². The molecule has 0 aliphatic heterocycles. The minimum Gasteiger partial charge on any atom is -0.502 e. The second-order valence-corrected chi connectivity index (χ2v) is 9.39. The predicted molar refractivity (Wildman–Crippen MR) is 150 cm³/mol. The molecule has 2 heterocycles. The minimum absolute atomic E-state index is 0.0416. The lowest BCUT2D eigenvalue weighted by Gasteiger charge is -2.07. The predicted octanol–water partition coefficient (Wildman–Crippen LogP) is 4.81. The van der Waals surface area contributed by atoms with E-state index in [1.54, 1.807) is 63.0 Å². The van der Waals surface area contributed by atoms with E-state index in [0.717, 1.165) is 5.69 Å². The van der Waals surface area contributed by atoms with Gasteiger partial charge in [0.1, 0.15) is 0 Å². The van der Waals surface area contributed by atoms with E-state index in [2.05, 4.69) is 9.47 Å². The topological polar surface area (TPSA) is 110 Å². The molecule has 228 valence electrons. The zero-order valence-electron chi connectivity index (χ0n) is 23.2. The number of benzene rings is 2. The van der Waals surface area contributed by atoms with E-state index in [1.807, 2.05) is 46.3 Å². The van der Waals surface area contributed by atoms with Crippen LogP contribution in [0.4, 0.5) is 17.6 Å². The second kappa shape index (κ2) is 14.6. The number of carbonyl (C=O) groups excluding carboxylic acids is 1. The molecular weight excluding hydrogens is 632 g/mol. The first kappa shape index (κ1) is 33.9. The Labute approximate surface area is 246 Å². The van der Waals surface area contributed by atoms with Crippen molar-refractivity contribution in [2.75, 3.05) is 6.61 Å². The molecule has 1 N–H and O–H groups in total. The van der Waals surface area contributed by atoms with Gasteiger partial charge in [0.2, 0.25) is 11.5 Å². The van der Waals surface area contributed by atoms with Crippen molar-refractivity contribution in [1.29, 1.82) is 0 Å². The Balaban J connectivity index is 0.000000233. The lowest BCUT2D eigenvalue weighted by atomic mass is 10.3. The van der Waals surface area contributed by atoms with Crippen LogP contribution in [0.5, 0.6) is 11.5 Å². The second-order valence-electron chi connectivity index (χ2n) is 8.40. The molecule has 42 heavy (non-hydrogen) atoms. The first-order chi connectivity index (χ1) is 19.6. The largest absolute Gasteiger partial charge is 0.502 e. The van der Waals surface area contributed by atoms with E-state index in [1.165, 1.54) is 21.0 Å². The van der Waals surface area contributed by atoms with Crippen LogP contribution in [-0.2, 0) is 23.6 Å². The van der Waals surface area contributed by atoms with Gasteiger partial charge in [-0.3, -0.25) is 19.0 Å². The Morgan fingerprint density at radius 2 is 1.31 bits per heavy atom. The lowest BCUT2D eigenvalue weighted by Crippen LogP contribution is -2.23. The van der Waals surface area contributed by atoms with Crippen molar-refractivity contribution in [3.63, 3.8) is 0 Å². The van der Waals surface area contributed by atoms with Crippen LogP contribution in [0.2, 0.25) is 0 Å². The van der Waals surface area contributed by atoms with Gasteiger partial charge in [-0.2, -0.15) is 17.6 Å². The number of aromatic hydroxyl groups is 1. The van der Waals surface area contributed by atoms with Crippen molar-refractivity contribution in [2.24, 2.45) is 14.1 Å². The van der Waals surface area contributed by atoms with Crippen molar-refractivity contribution in [3.05, 3.63) is 92.8 Å². The van der Waals surface area contributed by atoms with E-state index in [9.17, 15) is 37.1 Å². The Morgan fingerprint density at radius 3 is 1.64 bits per heavy atom. The summed E-state index contributed by atoms with van der Waals surface area (Å²) in [6, 6.07) is 18.0. The van der Waals surface area contributed by atoms with Gasteiger partial charge in [-0.1, -0.05) is 36.4 Å². The molecule has 0 radical (unpaired) electrons. The minimum atomic E-state index is -3.54. The fourth-order valence-electron chi connectivity index (χ4n) is 3.54. The van der Waals surface area contributed by atoms with Gasteiger partial charge in [-0.25, -0.2) is 14.2 Å². The van der Waals surface area contributed by atoms with Crippen molar-refractivity contribution < 1.29 is 36.9 Å². The molecule has 0 saturated carbocycles. The van der Waals surface area contributed by atoms with Crippen LogP contribution in [-0.4, -0.2) is 47.9 Å². The number of carbonyl (C=O) groups is 1. The molecule has 15 heteroatoms. The fraction of sp³-hybridized carbons (Fsp3) is 0.296. The summed E-state index contributed by atoms with van der Waals surface area (Å²) in [7, 11) is 3.35. The molecule has 0 fully saturated rings. The van der Waals surface area contributed by atoms with Crippen molar-refractivity contribution in [1.82, 2.24) is 18.7 Å². The van der Waals surface area contributed by atoms with Crippen LogP contribution in [0, 0.1) is 13.8 Å². The molecule has 0 amide bonds. The number of nitrogens with zero attached hydrogens (tertiary/aromatic N) is 4. The van der Waals surface area contributed by atoms with Gasteiger partial charge in [-0.05, 0) is 45.0 Å². The van der Waals surface area contributed by atoms with Gasteiger partial charge in [-0.15, -0.1) is 0 Å². The Hall–Kier alpha value is -4.27. The average molecular weight is 661 g/mol. The maximum atomic E-state index is 12.2. The average Bonchev–Trinajstić information content (AvgIpc) is 3.27. The standard InChI is InChI=1S/C12H12F2N2O2.C11H12N2O2.C4H5BrF2O2/c1-8-10(18-12(13)14)11(17)16(15(8)2)9-6-4-3-5-7-9;1-8-10(14)11(15)13(12(8)2)9-6-4-3-5-7-9;1-2-9-3(8)4(5,6)7/h3-7,12H,1-2H3;3-7,14H,1-2H3;2H2,1H3. The van der Waals surface area contributed by atoms with Crippen LogP contribution >= 0.6 is 15.9 Å². The van der Waals surface area contributed by atoms with Gasteiger partial charge < -0.3 is 14.6 Å². The third kappa shape index (κ3) is 8.15. The number of ether oxygens (including phenoxy) is 2. The molecular formula is C27H29BrF4N4O6. The van der Waals surface area contributed by atoms with E-state index < -0.39 is 23.0 Å². The van der Waals surface area contributed by atoms with Crippen molar-refractivity contribution >= 4 is 21.9 Å². The maximum absolute atomic E-state index is 12.2. The molecule has 4 rings (SSSR count). The Morgan fingerprint density at radius 1 is 0.881 bits per heavy atom. The molecule has 2 aromatic carbocycles. The zero-order chi connectivity index (χ0) is 31.8. The third-order valence-corrected chi connectivity index (χ3v) is 6.06. The zero-order valence-corrected chi connectivity index (χ0v) is 24.8. The highest BCUT2D eigenvalue weighted by Crippen LogP contribution is 2.22. The van der Waals surface area contributed by atoms with Crippen LogP contribution in [0.1, 0.15) is 18.3 Å². The maximum Gasteiger partial charge on any atom is 0.395 e. The summed E-state index contributed by atoms with van der Waals surface area (Å²) in [5.74, 6) is -2.07. The Kier molecular flexibility index (Phi) is 11.8. The van der Waals surface area contributed by atoms with Crippen LogP contribution in [0.15, 0.2) is 70.3 Å². The molecule has 4 aromatic rings. The number of alkyl halides is 5. The normalized spacial score (nSPS) is 10.8. The highest BCUT2D eigenvalue weighted by molar-refractivity contribution is 9.10. The molecule has 0 spiro atoms. The van der Waals surface area contributed by atoms with Crippen molar-refractivity contribution in [2.45, 2.75) is 32.2 Å². The molecule has 0 bridgehead atoms. The fourth-order valence-corrected chi connectivity index (χ4v) is 3.65. The van der Waals surface area contributed by atoms with Gasteiger partial charge in [0, 0.05) is 30.0 Å². The summed E-state index contributed by atoms with van der Waals surface area (Å²) in [5, 5.41) is 9.52. The molecule has 0 unspecified atom stereocenters. The summed E-state index contributed by atoms with van der Waals surface area (Å²) >= 11 is 1.84. The monoisotopic (exact) mass is 660 g/mol. The number of para-hydroxylation sites is 2. The van der Waals surface area contributed by atoms with Crippen molar-refractivity contribution in [3.8, 4) is 22.9 Å². The summed E-state index contributed by atoms with van der Waals surface area (Å²) in [6.07, 6.45) is 0. The quantitative estimate of drug-likeness (QED) is 0.181. The summed E-state index contributed by atoms with van der Waals surface area (Å²) in [5.41, 5.74) is 1.27. The van der Waals surface area contributed by atoms with E-state index in [-0.39, 0.29) is 23.7 Å². The van der Waals surface area contributed by atoms with E-state index in [0.29, 0.717) is 17.1 Å². The summed E-state index contributed by atoms with van der Waals surface area (Å²) in [6.45, 7) is 1.66. The van der Waals surface area contributed by atoms with E-state index in [4.69, 9.17) is 0 Å². The number of hydrogen-bond acceptors (Lipinski definition) is 6. The van der Waals surface area contributed by atoms with Gasteiger partial charge >= 0.3 is 28.5 Å². The number of aromatic nitrogens is 4. The molecule has 0 saturated heterocycles.